The van der Waals surface area contributed by atoms with Crippen LogP contribution in [0.15, 0.2) is 54.9 Å². The van der Waals surface area contributed by atoms with E-state index in [2.05, 4.69) is 68.7 Å². The van der Waals surface area contributed by atoms with Gasteiger partial charge >= 0.3 is 0 Å². The molecule has 5 heteroatoms. The molecule has 4 heterocycles. The molecule has 1 aliphatic carbocycles. The van der Waals surface area contributed by atoms with Gasteiger partial charge < -0.3 is 9.30 Å². The minimum absolute atomic E-state index is 0.219. The first kappa shape index (κ1) is 18.1. The molecular formula is C25H28N4O. The van der Waals surface area contributed by atoms with Gasteiger partial charge in [0.15, 0.2) is 0 Å². The van der Waals surface area contributed by atoms with Crippen LogP contribution in [-0.4, -0.2) is 44.7 Å². The second kappa shape index (κ2) is 6.95. The van der Waals surface area contributed by atoms with Crippen molar-refractivity contribution in [3.8, 4) is 0 Å². The van der Waals surface area contributed by atoms with Crippen LogP contribution in [0.5, 0.6) is 0 Å². The highest BCUT2D eigenvalue weighted by molar-refractivity contribution is 5.82. The van der Waals surface area contributed by atoms with Crippen LogP contribution < -0.4 is 0 Å². The summed E-state index contributed by atoms with van der Waals surface area (Å²) < 4.78 is 2.19. The van der Waals surface area contributed by atoms with Crippen LogP contribution in [0.4, 0.5) is 0 Å². The molecule has 1 aromatic carbocycles. The normalized spacial score (nSPS) is 26.4. The Morgan fingerprint density at radius 1 is 1.07 bits per heavy atom. The minimum Gasteiger partial charge on any atom is -0.335 e. The van der Waals surface area contributed by atoms with Crippen LogP contribution >= 0.6 is 0 Å². The molecule has 0 bridgehead atoms. The summed E-state index contributed by atoms with van der Waals surface area (Å²) in [6, 6.07) is 15.0. The van der Waals surface area contributed by atoms with Gasteiger partial charge in [-0.05, 0) is 48.9 Å². The molecule has 5 nitrogen and oxygen atoms in total. The highest BCUT2D eigenvalue weighted by Gasteiger charge is 2.51. The molecule has 1 amide bonds. The summed E-state index contributed by atoms with van der Waals surface area (Å²) in [5.74, 6) is 1.74. The summed E-state index contributed by atoms with van der Waals surface area (Å²) >= 11 is 0. The molecule has 3 aromatic rings. The third-order valence-corrected chi connectivity index (χ3v) is 7.34. The first-order valence-corrected chi connectivity index (χ1v) is 11.2. The highest BCUT2D eigenvalue weighted by atomic mass is 16.2. The summed E-state index contributed by atoms with van der Waals surface area (Å²) in [5.41, 5.74) is 4.89. The van der Waals surface area contributed by atoms with E-state index in [0.29, 0.717) is 17.7 Å². The van der Waals surface area contributed by atoms with E-state index >= 15 is 0 Å². The molecule has 2 saturated heterocycles. The Kier molecular flexibility index (Phi) is 4.20. The topological polar surface area (TPSA) is 40.9 Å². The van der Waals surface area contributed by atoms with Crippen LogP contribution in [0.25, 0.3) is 5.65 Å². The van der Waals surface area contributed by atoms with Crippen molar-refractivity contribution in [3.05, 3.63) is 71.7 Å². The Morgan fingerprint density at radius 3 is 2.73 bits per heavy atom. The Bertz CT molecular complexity index is 1100. The number of aryl methyl sites for hydroxylation is 1. The molecule has 1 saturated carbocycles. The van der Waals surface area contributed by atoms with Gasteiger partial charge in [0.05, 0.1) is 17.9 Å². The average molecular weight is 401 g/mol. The zero-order chi connectivity index (χ0) is 20.2. The van der Waals surface area contributed by atoms with Crippen molar-refractivity contribution in [3.63, 3.8) is 0 Å². The van der Waals surface area contributed by atoms with Gasteiger partial charge in [0.1, 0.15) is 5.65 Å². The van der Waals surface area contributed by atoms with Gasteiger partial charge in [-0.15, -0.1) is 0 Å². The molecule has 3 aliphatic rings. The molecule has 0 spiro atoms. The molecule has 2 aromatic heterocycles. The number of benzene rings is 1. The second-order valence-corrected chi connectivity index (χ2v) is 9.36. The monoisotopic (exact) mass is 400 g/mol. The van der Waals surface area contributed by atoms with E-state index in [0.717, 1.165) is 44.7 Å². The van der Waals surface area contributed by atoms with Crippen LogP contribution in [0.2, 0.25) is 0 Å². The maximum atomic E-state index is 13.1. The minimum atomic E-state index is 0.219. The van der Waals surface area contributed by atoms with Crippen LogP contribution in [0.3, 0.4) is 0 Å². The number of hydrogen-bond donors (Lipinski definition) is 0. The molecule has 0 radical (unpaired) electrons. The lowest BCUT2D eigenvalue weighted by Gasteiger charge is -2.31. The number of carbonyl (C=O) groups excluding carboxylic acids is 1. The van der Waals surface area contributed by atoms with Crippen molar-refractivity contribution < 1.29 is 4.79 Å². The molecule has 0 unspecified atom stereocenters. The van der Waals surface area contributed by atoms with Crippen molar-refractivity contribution in [2.45, 2.75) is 32.4 Å². The van der Waals surface area contributed by atoms with Crippen LogP contribution in [0.1, 0.15) is 35.7 Å². The van der Waals surface area contributed by atoms with Crippen LogP contribution in [-0.2, 0) is 11.3 Å². The zero-order valence-electron chi connectivity index (χ0n) is 17.4. The molecule has 30 heavy (non-hydrogen) atoms. The lowest BCUT2D eigenvalue weighted by atomic mass is 9.87. The summed E-state index contributed by atoms with van der Waals surface area (Å²) in [7, 11) is 0. The standard InChI is InChI=1S/C25H28N4O/c1-17-6-2-3-7-21(17)24-22-16-27(13-19(22)14-29(24)25(30)18-9-10-18)15-20-12-26-23-8-4-5-11-28(20)23/h2-8,11-12,18-19,22,24H,9-10,13-16H2,1H3/t19-,22-,24+/m0/s1. The molecular weight excluding hydrogens is 372 g/mol. The highest BCUT2D eigenvalue weighted by Crippen LogP contribution is 2.48. The quantitative estimate of drug-likeness (QED) is 0.671. The first-order chi connectivity index (χ1) is 14.7. The number of imidazole rings is 1. The second-order valence-electron chi connectivity index (χ2n) is 9.36. The fourth-order valence-electron chi connectivity index (χ4n) is 5.71. The van der Waals surface area contributed by atoms with E-state index in [1.54, 1.807) is 0 Å². The number of rotatable bonds is 4. The molecule has 3 atom stereocenters. The third-order valence-electron chi connectivity index (χ3n) is 7.34. The molecule has 0 N–H and O–H groups in total. The Morgan fingerprint density at radius 2 is 1.90 bits per heavy atom. The smallest absolute Gasteiger partial charge is 0.226 e. The van der Waals surface area contributed by atoms with Crippen molar-refractivity contribution in [1.82, 2.24) is 19.2 Å². The number of hydrogen-bond acceptors (Lipinski definition) is 3. The lowest BCUT2D eigenvalue weighted by Crippen LogP contribution is -2.36. The molecule has 3 fully saturated rings. The summed E-state index contributed by atoms with van der Waals surface area (Å²) in [6.07, 6.45) is 6.25. The van der Waals surface area contributed by atoms with Gasteiger partial charge in [-0.3, -0.25) is 9.69 Å². The number of carbonyl (C=O) groups is 1. The lowest BCUT2D eigenvalue weighted by molar-refractivity contribution is -0.134. The fraction of sp³-hybridized carbons (Fsp3) is 0.440. The van der Waals surface area contributed by atoms with Crippen molar-refractivity contribution in [2.75, 3.05) is 19.6 Å². The van der Waals surface area contributed by atoms with Gasteiger partial charge in [0, 0.05) is 44.2 Å². The van der Waals surface area contributed by atoms with Gasteiger partial charge in [0.2, 0.25) is 5.91 Å². The zero-order valence-corrected chi connectivity index (χ0v) is 17.4. The number of pyridine rings is 1. The van der Waals surface area contributed by atoms with E-state index < -0.39 is 0 Å². The first-order valence-electron chi connectivity index (χ1n) is 11.2. The van der Waals surface area contributed by atoms with E-state index in [1.807, 2.05) is 12.3 Å². The summed E-state index contributed by atoms with van der Waals surface area (Å²) in [6.45, 7) is 6.10. The number of nitrogens with zero attached hydrogens (tertiary/aromatic N) is 4. The van der Waals surface area contributed by atoms with Gasteiger partial charge in [-0.2, -0.15) is 0 Å². The number of fused-ring (bicyclic) bond motifs is 2. The predicted molar refractivity (Wildman–Crippen MR) is 116 cm³/mol. The summed E-state index contributed by atoms with van der Waals surface area (Å²) in [5, 5.41) is 0. The fourth-order valence-corrected chi connectivity index (χ4v) is 5.71. The van der Waals surface area contributed by atoms with E-state index in [9.17, 15) is 4.79 Å². The van der Waals surface area contributed by atoms with Crippen molar-refractivity contribution in [1.29, 1.82) is 0 Å². The third kappa shape index (κ3) is 2.95. The van der Waals surface area contributed by atoms with Crippen molar-refractivity contribution >= 4 is 11.6 Å². The molecule has 6 rings (SSSR count). The average Bonchev–Trinajstić information content (AvgIpc) is 3.29. The van der Waals surface area contributed by atoms with E-state index in [-0.39, 0.29) is 12.0 Å². The predicted octanol–water partition coefficient (Wildman–Crippen LogP) is 3.68. The molecule has 2 aliphatic heterocycles. The number of likely N-dealkylation sites (tertiary alicyclic amines) is 2. The van der Waals surface area contributed by atoms with Crippen molar-refractivity contribution in [2.24, 2.45) is 17.8 Å². The molecule has 154 valence electrons. The van der Waals surface area contributed by atoms with Gasteiger partial charge in [0.25, 0.3) is 0 Å². The van der Waals surface area contributed by atoms with E-state index in [4.69, 9.17) is 0 Å². The Labute approximate surface area is 177 Å². The SMILES string of the molecule is Cc1ccccc1[C@@H]1[C@H]2CN(Cc3cnc4ccccn34)C[C@H]2CN1C(=O)C1CC1. The maximum Gasteiger partial charge on any atom is 0.226 e. The number of amides is 1. The summed E-state index contributed by atoms with van der Waals surface area (Å²) in [4.78, 5) is 22.5. The van der Waals surface area contributed by atoms with Crippen LogP contribution in [0, 0.1) is 24.7 Å². The van der Waals surface area contributed by atoms with Gasteiger partial charge in [-0.1, -0.05) is 30.3 Å². The maximum absolute atomic E-state index is 13.1. The van der Waals surface area contributed by atoms with Gasteiger partial charge in [-0.25, -0.2) is 4.98 Å². The Balaban J connectivity index is 1.27. The van der Waals surface area contributed by atoms with E-state index in [1.165, 1.54) is 16.8 Å². The Hall–Kier alpha value is -2.66. The largest absolute Gasteiger partial charge is 0.335 e. The number of aromatic nitrogens is 2.